The largest absolute Gasteiger partial charge is 0.325 e. The van der Waals surface area contributed by atoms with Gasteiger partial charge in [0, 0.05) is 16.9 Å². The van der Waals surface area contributed by atoms with E-state index in [4.69, 9.17) is 0 Å². The van der Waals surface area contributed by atoms with Crippen LogP contribution in [0.3, 0.4) is 0 Å². The maximum Gasteiger partial charge on any atom is 0.224 e. The minimum Gasteiger partial charge on any atom is -0.325 e. The molecule has 0 saturated heterocycles. The molecule has 1 aromatic carbocycles. The molecule has 5 heteroatoms. The highest BCUT2D eigenvalue weighted by Crippen LogP contribution is 2.23. The fourth-order valence-corrected chi connectivity index (χ4v) is 1.79. The van der Waals surface area contributed by atoms with Gasteiger partial charge in [0.15, 0.2) is 0 Å². The third-order valence-electron chi connectivity index (χ3n) is 2.34. The van der Waals surface area contributed by atoms with Gasteiger partial charge in [-0.25, -0.2) is 4.39 Å². The third-order valence-corrected chi connectivity index (χ3v) is 3.03. The van der Waals surface area contributed by atoms with Crippen LogP contribution in [-0.4, -0.2) is 18.5 Å². The van der Waals surface area contributed by atoms with Gasteiger partial charge in [-0.3, -0.25) is 4.79 Å². The Kier molecular flexibility index (Phi) is 6.29. The van der Waals surface area contributed by atoms with E-state index in [2.05, 4.69) is 40.4 Å². The lowest BCUT2D eigenvalue weighted by molar-refractivity contribution is -0.116. The highest BCUT2D eigenvalue weighted by Gasteiger charge is 2.06. The van der Waals surface area contributed by atoms with Gasteiger partial charge in [-0.1, -0.05) is 13.8 Å². The molecule has 3 nitrogen and oxygen atoms in total. The first-order chi connectivity index (χ1) is 8.49. The number of benzene rings is 1. The van der Waals surface area contributed by atoms with Crippen LogP contribution in [-0.2, 0) is 4.79 Å². The molecule has 0 radical (unpaired) electrons. The molecule has 100 valence electrons. The number of amides is 1. The molecule has 0 aliphatic heterocycles. The Labute approximate surface area is 115 Å². The van der Waals surface area contributed by atoms with Gasteiger partial charge in [0.05, 0.1) is 5.69 Å². The van der Waals surface area contributed by atoms with Crippen molar-refractivity contribution in [3.05, 3.63) is 28.5 Å². The van der Waals surface area contributed by atoms with E-state index < -0.39 is 0 Å². The zero-order valence-electron chi connectivity index (χ0n) is 10.6. The summed E-state index contributed by atoms with van der Waals surface area (Å²) in [6.07, 6.45) is 1.18. The Bertz CT molecular complexity index is 410. The molecule has 18 heavy (non-hydrogen) atoms. The van der Waals surface area contributed by atoms with Gasteiger partial charge in [0.1, 0.15) is 5.82 Å². The topological polar surface area (TPSA) is 41.1 Å². The van der Waals surface area contributed by atoms with Crippen molar-refractivity contribution in [2.24, 2.45) is 0 Å². The van der Waals surface area contributed by atoms with E-state index in [1.807, 2.05) is 0 Å². The molecular formula is C13H18BrFN2O. The van der Waals surface area contributed by atoms with E-state index in [1.54, 1.807) is 6.07 Å². The van der Waals surface area contributed by atoms with Gasteiger partial charge in [-0.15, -0.1) is 0 Å². The van der Waals surface area contributed by atoms with Gasteiger partial charge >= 0.3 is 0 Å². The van der Waals surface area contributed by atoms with Crippen molar-refractivity contribution in [3.63, 3.8) is 0 Å². The van der Waals surface area contributed by atoms with E-state index in [-0.39, 0.29) is 11.7 Å². The number of rotatable bonds is 6. The van der Waals surface area contributed by atoms with E-state index >= 15 is 0 Å². The van der Waals surface area contributed by atoms with Crippen molar-refractivity contribution in [1.29, 1.82) is 0 Å². The molecule has 0 heterocycles. The van der Waals surface area contributed by atoms with Crippen LogP contribution in [0.5, 0.6) is 0 Å². The molecule has 0 aliphatic carbocycles. The minimum absolute atomic E-state index is 0.105. The summed E-state index contributed by atoms with van der Waals surface area (Å²) in [5, 5.41) is 5.92. The molecular weight excluding hydrogens is 299 g/mol. The number of carbonyl (C=O) groups is 1. The first-order valence-electron chi connectivity index (χ1n) is 5.97. The summed E-state index contributed by atoms with van der Waals surface area (Å²) < 4.78 is 13.7. The van der Waals surface area contributed by atoms with Crippen molar-refractivity contribution in [1.82, 2.24) is 5.32 Å². The van der Waals surface area contributed by atoms with Crippen molar-refractivity contribution in [2.45, 2.75) is 32.7 Å². The Morgan fingerprint density at radius 2 is 2.17 bits per heavy atom. The summed E-state index contributed by atoms with van der Waals surface area (Å²) in [5.41, 5.74) is 0.469. The molecule has 0 fully saturated rings. The number of carbonyl (C=O) groups excluding carboxylic acids is 1. The van der Waals surface area contributed by atoms with Crippen molar-refractivity contribution in [2.75, 3.05) is 11.9 Å². The molecule has 0 unspecified atom stereocenters. The van der Waals surface area contributed by atoms with Gasteiger partial charge in [0.2, 0.25) is 5.91 Å². The second kappa shape index (κ2) is 7.48. The van der Waals surface area contributed by atoms with Crippen LogP contribution >= 0.6 is 15.9 Å². The Morgan fingerprint density at radius 1 is 1.44 bits per heavy atom. The van der Waals surface area contributed by atoms with Crippen LogP contribution in [0.2, 0.25) is 0 Å². The third kappa shape index (κ3) is 5.60. The summed E-state index contributed by atoms with van der Waals surface area (Å²) in [6, 6.07) is 4.64. The van der Waals surface area contributed by atoms with E-state index in [0.29, 0.717) is 22.6 Å². The Morgan fingerprint density at radius 3 is 2.83 bits per heavy atom. The fourth-order valence-electron chi connectivity index (χ4n) is 1.45. The quantitative estimate of drug-likeness (QED) is 0.791. The predicted molar refractivity (Wildman–Crippen MR) is 75.1 cm³/mol. The van der Waals surface area contributed by atoms with Gasteiger partial charge in [-0.05, 0) is 47.1 Å². The smallest absolute Gasteiger partial charge is 0.224 e. The molecule has 0 spiro atoms. The molecule has 1 amide bonds. The monoisotopic (exact) mass is 316 g/mol. The number of hydrogen-bond donors (Lipinski definition) is 2. The molecule has 0 atom stereocenters. The maximum atomic E-state index is 13.0. The van der Waals surface area contributed by atoms with Crippen LogP contribution in [0.1, 0.15) is 26.7 Å². The average molecular weight is 317 g/mol. The SMILES string of the molecule is CC(C)NCCCC(=O)Nc1cc(F)ccc1Br. The molecule has 0 aromatic heterocycles. The van der Waals surface area contributed by atoms with Crippen LogP contribution < -0.4 is 10.6 Å². The molecule has 0 aliphatic rings. The second-order valence-corrected chi connectivity index (χ2v) is 5.24. The predicted octanol–water partition coefficient (Wildman–Crippen LogP) is 3.30. The van der Waals surface area contributed by atoms with E-state index in [9.17, 15) is 9.18 Å². The maximum absolute atomic E-state index is 13.0. The van der Waals surface area contributed by atoms with E-state index in [1.165, 1.54) is 12.1 Å². The molecule has 0 bridgehead atoms. The number of halogens is 2. The number of nitrogens with one attached hydrogen (secondary N) is 2. The summed E-state index contributed by atoms with van der Waals surface area (Å²) in [7, 11) is 0. The fraction of sp³-hybridized carbons (Fsp3) is 0.462. The van der Waals surface area contributed by atoms with Crippen molar-refractivity contribution >= 4 is 27.5 Å². The second-order valence-electron chi connectivity index (χ2n) is 4.38. The summed E-state index contributed by atoms with van der Waals surface area (Å²) in [5.74, 6) is -0.471. The van der Waals surface area contributed by atoms with Gasteiger partial charge < -0.3 is 10.6 Å². The van der Waals surface area contributed by atoms with Crippen molar-refractivity contribution < 1.29 is 9.18 Å². The number of hydrogen-bond acceptors (Lipinski definition) is 2. The van der Waals surface area contributed by atoms with Gasteiger partial charge in [0.25, 0.3) is 0 Å². The summed E-state index contributed by atoms with van der Waals surface area (Å²) in [4.78, 5) is 11.6. The average Bonchev–Trinajstić information content (AvgIpc) is 2.29. The summed E-state index contributed by atoms with van der Waals surface area (Å²) in [6.45, 7) is 4.92. The lowest BCUT2D eigenvalue weighted by atomic mass is 10.2. The molecule has 0 saturated carbocycles. The Balaban J connectivity index is 2.38. The first kappa shape index (κ1) is 15.1. The lowest BCUT2D eigenvalue weighted by Crippen LogP contribution is -2.24. The lowest BCUT2D eigenvalue weighted by Gasteiger charge is -2.09. The van der Waals surface area contributed by atoms with E-state index in [0.717, 1.165) is 13.0 Å². The first-order valence-corrected chi connectivity index (χ1v) is 6.76. The standard InChI is InChI=1S/C13H18BrFN2O/c1-9(2)16-7-3-4-13(18)17-12-8-10(15)5-6-11(12)14/h5-6,8-9,16H,3-4,7H2,1-2H3,(H,17,18). The zero-order chi connectivity index (χ0) is 13.5. The highest BCUT2D eigenvalue weighted by molar-refractivity contribution is 9.10. The normalized spacial score (nSPS) is 10.7. The molecule has 1 rings (SSSR count). The highest BCUT2D eigenvalue weighted by atomic mass is 79.9. The Hall–Kier alpha value is -0.940. The van der Waals surface area contributed by atoms with Gasteiger partial charge in [-0.2, -0.15) is 0 Å². The molecule has 1 aromatic rings. The summed E-state index contributed by atoms with van der Waals surface area (Å²) >= 11 is 3.27. The zero-order valence-corrected chi connectivity index (χ0v) is 12.2. The van der Waals surface area contributed by atoms with Crippen molar-refractivity contribution in [3.8, 4) is 0 Å². The van der Waals surface area contributed by atoms with Crippen LogP contribution in [0, 0.1) is 5.82 Å². The number of anilines is 1. The van der Waals surface area contributed by atoms with Crippen LogP contribution in [0.4, 0.5) is 10.1 Å². The molecule has 2 N–H and O–H groups in total. The van der Waals surface area contributed by atoms with Crippen LogP contribution in [0.15, 0.2) is 22.7 Å². The van der Waals surface area contributed by atoms with Crippen LogP contribution in [0.25, 0.3) is 0 Å². The minimum atomic E-state index is -0.366.